The highest BCUT2D eigenvalue weighted by molar-refractivity contribution is 7.13. The van der Waals surface area contributed by atoms with Crippen LogP contribution in [0.15, 0.2) is 6.20 Å². The number of amides is 1. The van der Waals surface area contributed by atoms with Crippen molar-refractivity contribution < 1.29 is 14.7 Å². The monoisotopic (exact) mass is 271 g/mol. The summed E-state index contributed by atoms with van der Waals surface area (Å²) in [6.07, 6.45) is 1.49. The molecular formula is C11H17N3O3S. The van der Waals surface area contributed by atoms with Crippen LogP contribution >= 0.6 is 11.3 Å². The second kappa shape index (κ2) is 6.46. The van der Waals surface area contributed by atoms with Crippen LogP contribution in [0.1, 0.15) is 14.7 Å². The zero-order valence-electron chi connectivity index (χ0n) is 10.7. The first-order valence-corrected chi connectivity index (χ1v) is 6.30. The Labute approximate surface area is 110 Å². The van der Waals surface area contributed by atoms with Crippen molar-refractivity contribution in [3.63, 3.8) is 0 Å². The second-order valence-corrected chi connectivity index (χ2v) is 5.40. The van der Waals surface area contributed by atoms with Gasteiger partial charge in [-0.15, -0.1) is 11.3 Å². The molecule has 6 nitrogen and oxygen atoms in total. The Morgan fingerprint density at radius 1 is 1.39 bits per heavy atom. The minimum atomic E-state index is -1.01. The summed E-state index contributed by atoms with van der Waals surface area (Å²) >= 11 is 1.28. The fourth-order valence-corrected chi connectivity index (χ4v) is 2.10. The molecule has 1 aromatic rings. The highest BCUT2D eigenvalue weighted by atomic mass is 32.1. The number of carbonyl (C=O) groups is 2. The third-order valence-electron chi connectivity index (χ3n) is 2.26. The van der Waals surface area contributed by atoms with Gasteiger partial charge in [-0.25, -0.2) is 4.98 Å². The van der Waals surface area contributed by atoms with Crippen LogP contribution in [0.3, 0.4) is 0 Å². The van der Waals surface area contributed by atoms with Crippen molar-refractivity contribution in [1.29, 1.82) is 0 Å². The van der Waals surface area contributed by atoms with Crippen molar-refractivity contribution in [2.45, 2.75) is 6.92 Å². The van der Waals surface area contributed by atoms with Gasteiger partial charge < -0.3 is 14.9 Å². The van der Waals surface area contributed by atoms with E-state index in [2.05, 4.69) is 4.98 Å². The lowest BCUT2D eigenvalue weighted by Crippen LogP contribution is -2.39. The number of hydrogen-bond acceptors (Lipinski definition) is 5. The maximum Gasteiger partial charge on any atom is 0.323 e. The van der Waals surface area contributed by atoms with Crippen molar-refractivity contribution in [3.8, 4) is 0 Å². The number of hydrogen-bond donors (Lipinski definition) is 1. The Hall–Kier alpha value is -1.47. The summed E-state index contributed by atoms with van der Waals surface area (Å²) in [7, 11) is 3.75. The van der Waals surface area contributed by atoms with Crippen molar-refractivity contribution in [2.75, 3.05) is 33.7 Å². The average molecular weight is 271 g/mol. The van der Waals surface area contributed by atoms with Gasteiger partial charge in [0.05, 0.1) is 11.2 Å². The van der Waals surface area contributed by atoms with Crippen LogP contribution in [0.4, 0.5) is 0 Å². The molecule has 1 N–H and O–H groups in total. The minimum Gasteiger partial charge on any atom is -0.480 e. The summed E-state index contributed by atoms with van der Waals surface area (Å²) in [5, 5.41) is 9.62. The van der Waals surface area contributed by atoms with Gasteiger partial charge >= 0.3 is 5.97 Å². The molecule has 0 bridgehead atoms. The summed E-state index contributed by atoms with van der Waals surface area (Å²) in [6.45, 7) is 2.53. The number of likely N-dealkylation sites (N-methyl/N-ethyl adjacent to an activating group) is 1. The molecule has 0 spiro atoms. The molecule has 1 rings (SSSR count). The smallest absolute Gasteiger partial charge is 0.323 e. The lowest BCUT2D eigenvalue weighted by Gasteiger charge is -2.21. The Morgan fingerprint density at radius 2 is 2.06 bits per heavy atom. The topological polar surface area (TPSA) is 73.7 Å². The van der Waals surface area contributed by atoms with Crippen LogP contribution in [0.2, 0.25) is 0 Å². The van der Waals surface area contributed by atoms with Gasteiger partial charge in [-0.1, -0.05) is 0 Å². The first kappa shape index (κ1) is 14.6. The van der Waals surface area contributed by atoms with Crippen LogP contribution in [0.25, 0.3) is 0 Å². The molecule has 18 heavy (non-hydrogen) atoms. The Morgan fingerprint density at radius 3 is 2.50 bits per heavy atom. The molecule has 0 aliphatic carbocycles. The SMILES string of the molecule is Cc1ncc(C(=O)N(CCN(C)C)CC(=O)O)s1. The van der Waals surface area contributed by atoms with Gasteiger partial charge in [0.1, 0.15) is 11.4 Å². The van der Waals surface area contributed by atoms with E-state index in [0.29, 0.717) is 18.0 Å². The third-order valence-corrected chi connectivity index (χ3v) is 3.16. The molecule has 100 valence electrons. The van der Waals surface area contributed by atoms with Crippen LogP contribution in [-0.2, 0) is 4.79 Å². The van der Waals surface area contributed by atoms with E-state index in [1.54, 1.807) is 0 Å². The van der Waals surface area contributed by atoms with Gasteiger partial charge in [0.15, 0.2) is 0 Å². The first-order valence-electron chi connectivity index (χ1n) is 5.48. The summed E-state index contributed by atoms with van der Waals surface area (Å²) in [5.41, 5.74) is 0. The largest absolute Gasteiger partial charge is 0.480 e. The minimum absolute atomic E-state index is 0.273. The maximum absolute atomic E-state index is 12.1. The molecule has 0 fully saturated rings. The van der Waals surface area contributed by atoms with Gasteiger partial charge in [-0.05, 0) is 21.0 Å². The molecule has 0 saturated heterocycles. The number of carbonyl (C=O) groups excluding carboxylic acids is 1. The van der Waals surface area contributed by atoms with E-state index in [1.807, 2.05) is 25.9 Å². The quantitative estimate of drug-likeness (QED) is 0.817. The molecule has 0 saturated carbocycles. The maximum atomic E-state index is 12.1. The number of aliphatic carboxylic acids is 1. The summed E-state index contributed by atoms with van der Waals surface area (Å²) in [4.78, 5) is 30.6. The number of aromatic nitrogens is 1. The Bertz CT molecular complexity index is 431. The number of thiazole rings is 1. The molecular weight excluding hydrogens is 254 g/mol. The zero-order chi connectivity index (χ0) is 13.7. The van der Waals surface area contributed by atoms with Gasteiger partial charge in [-0.3, -0.25) is 9.59 Å². The molecule has 1 aromatic heterocycles. The molecule has 7 heteroatoms. The second-order valence-electron chi connectivity index (χ2n) is 4.17. The van der Waals surface area contributed by atoms with E-state index < -0.39 is 5.97 Å². The van der Waals surface area contributed by atoms with E-state index in [1.165, 1.54) is 22.4 Å². The standard InChI is InChI=1S/C11H17N3O3S/c1-8-12-6-9(18-8)11(17)14(7-10(15)16)5-4-13(2)3/h6H,4-5,7H2,1-3H3,(H,15,16). The first-order chi connectivity index (χ1) is 8.40. The molecule has 1 heterocycles. The van der Waals surface area contributed by atoms with Crippen LogP contribution < -0.4 is 0 Å². The lowest BCUT2D eigenvalue weighted by atomic mass is 10.4. The predicted octanol–water partition coefficient (Wildman–Crippen LogP) is 0.540. The Balaban J connectivity index is 2.75. The number of rotatable bonds is 6. The van der Waals surface area contributed by atoms with Crippen molar-refractivity contribution in [3.05, 3.63) is 16.1 Å². The predicted molar refractivity (Wildman–Crippen MR) is 68.9 cm³/mol. The normalized spacial score (nSPS) is 10.7. The number of nitrogens with zero attached hydrogens (tertiary/aromatic N) is 3. The molecule has 0 atom stereocenters. The van der Waals surface area contributed by atoms with Crippen LogP contribution in [0, 0.1) is 6.92 Å². The molecule has 0 aliphatic rings. The zero-order valence-corrected chi connectivity index (χ0v) is 11.5. The van der Waals surface area contributed by atoms with E-state index in [-0.39, 0.29) is 12.5 Å². The molecule has 0 aromatic carbocycles. The van der Waals surface area contributed by atoms with Gasteiger partial charge in [0.25, 0.3) is 5.91 Å². The van der Waals surface area contributed by atoms with Crippen LogP contribution in [0.5, 0.6) is 0 Å². The van der Waals surface area contributed by atoms with Crippen LogP contribution in [-0.4, -0.2) is 65.5 Å². The van der Waals surface area contributed by atoms with E-state index in [4.69, 9.17) is 5.11 Å². The van der Waals surface area contributed by atoms with Gasteiger partial charge in [-0.2, -0.15) is 0 Å². The third kappa shape index (κ3) is 4.42. The van der Waals surface area contributed by atoms with E-state index >= 15 is 0 Å². The molecule has 0 aliphatic heterocycles. The summed E-state index contributed by atoms with van der Waals surface area (Å²) in [5.74, 6) is -1.28. The molecule has 0 unspecified atom stereocenters. The van der Waals surface area contributed by atoms with E-state index in [0.717, 1.165) is 5.01 Å². The number of carboxylic acids is 1. The lowest BCUT2D eigenvalue weighted by molar-refractivity contribution is -0.137. The highest BCUT2D eigenvalue weighted by Crippen LogP contribution is 2.14. The Kier molecular flexibility index (Phi) is 5.24. The van der Waals surface area contributed by atoms with Gasteiger partial charge in [0.2, 0.25) is 0 Å². The molecule has 1 amide bonds. The molecule has 0 radical (unpaired) electrons. The number of carboxylic acid groups (broad SMARTS) is 1. The van der Waals surface area contributed by atoms with Crippen molar-refractivity contribution in [1.82, 2.24) is 14.8 Å². The van der Waals surface area contributed by atoms with Crippen molar-refractivity contribution in [2.24, 2.45) is 0 Å². The fraction of sp³-hybridized carbons (Fsp3) is 0.545. The average Bonchev–Trinajstić information content (AvgIpc) is 2.69. The van der Waals surface area contributed by atoms with Gasteiger partial charge in [0, 0.05) is 13.1 Å². The fourth-order valence-electron chi connectivity index (χ4n) is 1.35. The summed E-state index contributed by atoms with van der Waals surface area (Å²) in [6, 6.07) is 0. The highest BCUT2D eigenvalue weighted by Gasteiger charge is 2.20. The van der Waals surface area contributed by atoms with Crippen molar-refractivity contribution >= 4 is 23.2 Å². The summed E-state index contributed by atoms with van der Waals surface area (Å²) < 4.78 is 0. The number of aryl methyl sites for hydroxylation is 1. The van der Waals surface area contributed by atoms with E-state index in [9.17, 15) is 9.59 Å².